The molecule has 72 valence electrons. The van der Waals surface area contributed by atoms with Crippen LogP contribution in [0.2, 0.25) is 0 Å². The Bertz CT molecular complexity index is 395. The molecule has 14 heavy (non-hydrogen) atoms. The summed E-state index contributed by atoms with van der Waals surface area (Å²) in [6.45, 7) is 0.516. The van der Waals surface area contributed by atoms with Crippen molar-refractivity contribution in [2.45, 2.75) is 6.54 Å². The molecule has 0 bridgehead atoms. The number of H-pyrrole nitrogens is 1. The van der Waals surface area contributed by atoms with Crippen molar-refractivity contribution in [3.8, 4) is 0 Å². The maximum Gasteiger partial charge on any atom is 0.130 e. The van der Waals surface area contributed by atoms with E-state index in [9.17, 15) is 0 Å². The molecule has 5 nitrogen and oxygen atoms in total. The summed E-state index contributed by atoms with van der Waals surface area (Å²) < 4.78 is 0. The predicted octanol–water partition coefficient (Wildman–Crippen LogP) is 1.01. The van der Waals surface area contributed by atoms with Gasteiger partial charge >= 0.3 is 0 Å². The number of anilines is 2. The molecule has 0 fully saturated rings. The number of aromatic nitrogens is 3. The van der Waals surface area contributed by atoms with Gasteiger partial charge in [0.1, 0.15) is 5.82 Å². The second kappa shape index (κ2) is 3.89. The quantitative estimate of drug-likeness (QED) is 0.673. The molecule has 0 saturated carbocycles. The van der Waals surface area contributed by atoms with Crippen molar-refractivity contribution in [1.29, 1.82) is 0 Å². The molecule has 0 atom stereocenters. The van der Waals surface area contributed by atoms with E-state index in [-0.39, 0.29) is 0 Å². The Labute approximate surface area is 81.4 Å². The van der Waals surface area contributed by atoms with E-state index in [0.29, 0.717) is 6.54 Å². The number of aromatic amines is 1. The summed E-state index contributed by atoms with van der Waals surface area (Å²) in [5.74, 6) is 0.773. The Hall–Kier alpha value is -1.88. The maximum atomic E-state index is 5.52. The summed E-state index contributed by atoms with van der Waals surface area (Å²) >= 11 is 0. The molecule has 0 aliphatic carbocycles. The van der Waals surface area contributed by atoms with Gasteiger partial charge in [-0.3, -0.25) is 5.10 Å². The second-order valence-corrected chi connectivity index (χ2v) is 2.87. The van der Waals surface area contributed by atoms with Crippen molar-refractivity contribution < 1.29 is 0 Å². The molecule has 2 aromatic heterocycles. The second-order valence-electron chi connectivity index (χ2n) is 2.87. The van der Waals surface area contributed by atoms with Crippen molar-refractivity contribution >= 4 is 11.5 Å². The van der Waals surface area contributed by atoms with Crippen molar-refractivity contribution in [1.82, 2.24) is 15.2 Å². The average molecular weight is 189 g/mol. The number of hydrogen-bond donors (Lipinski definition) is 3. The van der Waals surface area contributed by atoms with Gasteiger partial charge in [0.15, 0.2) is 0 Å². The van der Waals surface area contributed by atoms with E-state index >= 15 is 0 Å². The van der Waals surface area contributed by atoms with Gasteiger partial charge in [-0.05, 0) is 17.7 Å². The molecule has 0 spiro atoms. The third-order valence-corrected chi connectivity index (χ3v) is 1.83. The molecule has 2 aromatic rings. The Morgan fingerprint density at radius 2 is 2.43 bits per heavy atom. The molecule has 0 unspecified atom stereocenters. The van der Waals surface area contributed by atoms with Crippen LogP contribution in [-0.2, 0) is 6.54 Å². The number of hydrogen-bond acceptors (Lipinski definition) is 4. The van der Waals surface area contributed by atoms with E-state index < -0.39 is 0 Å². The van der Waals surface area contributed by atoms with E-state index in [1.807, 2.05) is 12.1 Å². The van der Waals surface area contributed by atoms with E-state index in [4.69, 9.17) is 5.73 Å². The molecule has 2 heterocycles. The zero-order chi connectivity index (χ0) is 9.80. The summed E-state index contributed by atoms with van der Waals surface area (Å²) in [4.78, 5) is 4.15. The minimum atomic E-state index is 0.516. The Morgan fingerprint density at radius 1 is 1.50 bits per heavy atom. The smallest absolute Gasteiger partial charge is 0.130 e. The summed E-state index contributed by atoms with van der Waals surface area (Å²) in [6, 6.07) is 3.80. The van der Waals surface area contributed by atoms with Crippen LogP contribution in [0.15, 0.2) is 30.7 Å². The molecule has 0 aliphatic rings. The first-order valence-corrected chi connectivity index (χ1v) is 4.29. The first-order chi connectivity index (χ1) is 6.88. The van der Waals surface area contributed by atoms with Crippen molar-refractivity contribution in [2.24, 2.45) is 5.73 Å². The Balaban J connectivity index is 2.17. The van der Waals surface area contributed by atoms with Crippen molar-refractivity contribution in [2.75, 3.05) is 5.32 Å². The fourth-order valence-corrected chi connectivity index (χ4v) is 1.14. The molecule has 0 saturated heterocycles. The van der Waals surface area contributed by atoms with Gasteiger partial charge < -0.3 is 11.1 Å². The molecule has 0 aromatic carbocycles. The fourth-order valence-electron chi connectivity index (χ4n) is 1.14. The summed E-state index contributed by atoms with van der Waals surface area (Å²) in [7, 11) is 0. The van der Waals surface area contributed by atoms with Gasteiger partial charge in [0, 0.05) is 18.9 Å². The van der Waals surface area contributed by atoms with Gasteiger partial charge in [0.25, 0.3) is 0 Å². The number of nitrogens with zero attached hydrogens (tertiary/aromatic N) is 2. The van der Waals surface area contributed by atoms with Crippen LogP contribution in [0.3, 0.4) is 0 Å². The molecule has 2 rings (SSSR count). The largest absolute Gasteiger partial charge is 0.338 e. The number of nitrogens with two attached hydrogens (primary N) is 1. The normalized spacial score (nSPS) is 10.1. The van der Waals surface area contributed by atoms with Crippen LogP contribution >= 0.6 is 0 Å². The highest BCUT2D eigenvalue weighted by molar-refractivity contribution is 5.54. The molecule has 0 amide bonds. The predicted molar refractivity (Wildman–Crippen MR) is 54.0 cm³/mol. The highest BCUT2D eigenvalue weighted by Gasteiger charge is 1.97. The molecular formula is C9H11N5. The van der Waals surface area contributed by atoms with Crippen LogP contribution in [-0.4, -0.2) is 15.2 Å². The third kappa shape index (κ3) is 1.89. The topological polar surface area (TPSA) is 79.6 Å². The maximum absolute atomic E-state index is 5.52. The summed E-state index contributed by atoms with van der Waals surface area (Å²) in [6.07, 6.45) is 5.18. The standard InChI is InChI=1S/C9H11N5/c10-4-7-1-2-11-9(3-7)14-8-5-12-13-6-8/h1-3,5-6H,4,10H2,(H,11,14)(H,12,13). The first kappa shape index (κ1) is 8.71. The van der Waals surface area contributed by atoms with E-state index in [0.717, 1.165) is 17.1 Å². The van der Waals surface area contributed by atoms with E-state index in [1.54, 1.807) is 18.6 Å². The highest BCUT2D eigenvalue weighted by Crippen LogP contribution is 2.12. The highest BCUT2D eigenvalue weighted by atomic mass is 15.1. The Kier molecular flexibility index (Phi) is 2.42. The van der Waals surface area contributed by atoms with Gasteiger partial charge in [-0.25, -0.2) is 4.98 Å². The number of rotatable bonds is 3. The molecular weight excluding hydrogens is 178 g/mol. The summed E-state index contributed by atoms with van der Waals surface area (Å²) in [5.41, 5.74) is 7.45. The lowest BCUT2D eigenvalue weighted by Crippen LogP contribution is -1.98. The zero-order valence-corrected chi connectivity index (χ0v) is 7.57. The molecule has 0 radical (unpaired) electrons. The SMILES string of the molecule is NCc1ccnc(Nc2cn[nH]c2)c1. The fraction of sp³-hybridized carbons (Fsp3) is 0.111. The van der Waals surface area contributed by atoms with Crippen molar-refractivity contribution in [3.05, 3.63) is 36.3 Å². The van der Waals surface area contributed by atoms with Crippen LogP contribution in [0.4, 0.5) is 11.5 Å². The lowest BCUT2D eigenvalue weighted by Gasteiger charge is -2.03. The number of nitrogens with one attached hydrogen (secondary N) is 2. The molecule has 0 aliphatic heterocycles. The minimum absolute atomic E-state index is 0.516. The number of pyridine rings is 1. The monoisotopic (exact) mass is 189 g/mol. The van der Waals surface area contributed by atoms with Crippen LogP contribution < -0.4 is 11.1 Å². The Morgan fingerprint density at radius 3 is 3.14 bits per heavy atom. The zero-order valence-electron chi connectivity index (χ0n) is 7.57. The van der Waals surface area contributed by atoms with Gasteiger partial charge in [-0.15, -0.1) is 0 Å². The molecule has 5 heteroatoms. The van der Waals surface area contributed by atoms with Gasteiger partial charge in [-0.2, -0.15) is 5.10 Å². The van der Waals surface area contributed by atoms with Gasteiger partial charge in [0.05, 0.1) is 11.9 Å². The lowest BCUT2D eigenvalue weighted by atomic mass is 10.2. The lowest BCUT2D eigenvalue weighted by molar-refractivity contribution is 1.06. The van der Waals surface area contributed by atoms with E-state index in [2.05, 4.69) is 20.5 Å². The average Bonchev–Trinajstić information content (AvgIpc) is 2.71. The van der Waals surface area contributed by atoms with Crippen LogP contribution in [0, 0.1) is 0 Å². The summed E-state index contributed by atoms with van der Waals surface area (Å²) in [5, 5.41) is 9.63. The van der Waals surface area contributed by atoms with Crippen LogP contribution in [0.5, 0.6) is 0 Å². The van der Waals surface area contributed by atoms with Crippen LogP contribution in [0.25, 0.3) is 0 Å². The first-order valence-electron chi connectivity index (χ1n) is 4.29. The van der Waals surface area contributed by atoms with E-state index in [1.165, 1.54) is 0 Å². The van der Waals surface area contributed by atoms with Crippen molar-refractivity contribution in [3.63, 3.8) is 0 Å². The third-order valence-electron chi connectivity index (χ3n) is 1.83. The van der Waals surface area contributed by atoms with Gasteiger partial charge in [0.2, 0.25) is 0 Å². The minimum Gasteiger partial charge on any atom is -0.338 e. The van der Waals surface area contributed by atoms with Gasteiger partial charge in [-0.1, -0.05) is 0 Å². The van der Waals surface area contributed by atoms with Crippen LogP contribution in [0.1, 0.15) is 5.56 Å². The molecule has 4 N–H and O–H groups in total.